The Morgan fingerprint density at radius 3 is 2.59 bits per heavy atom. The molecular weight excluding hydrogens is 301 g/mol. The highest BCUT2D eigenvalue weighted by Crippen LogP contribution is 2.24. The Morgan fingerprint density at radius 1 is 1.18 bits per heavy atom. The normalized spacial score (nSPS) is 10.2. The number of halogens is 1. The van der Waals surface area contributed by atoms with Gasteiger partial charge in [0.15, 0.2) is 11.6 Å². The predicted molar refractivity (Wildman–Crippen MR) is 89.9 cm³/mol. The van der Waals surface area contributed by atoms with Crippen molar-refractivity contribution in [2.75, 3.05) is 12.4 Å². The summed E-state index contributed by atoms with van der Waals surface area (Å²) in [4.78, 5) is 0. The van der Waals surface area contributed by atoms with Gasteiger partial charge in [0.25, 0.3) is 5.17 Å². The summed E-state index contributed by atoms with van der Waals surface area (Å²) in [6, 6.07) is 10.7. The molecule has 3 nitrogen and oxygen atoms in total. The Balaban J connectivity index is 2.15. The van der Waals surface area contributed by atoms with Crippen LogP contribution in [-0.2, 0) is 11.3 Å². The molecule has 5 heteroatoms. The molecule has 0 aliphatic carbocycles. The van der Waals surface area contributed by atoms with Crippen LogP contribution in [0.4, 0.5) is 10.1 Å². The van der Waals surface area contributed by atoms with Crippen molar-refractivity contribution in [2.45, 2.75) is 20.5 Å². The molecule has 2 aromatic carbocycles. The van der Waals surface area contributed by atoms with Gasteiger partial charge in [-0.3, -0.25) is 0 Å². The quantitative estimate of drug-likeness (QED) is 0.848. The van der Waals surface area contributed by atoms with E-state index in [0.29, 0.717) is 0 Å². The van der Waals surface area contributed by atoms with Crippen LogP contribution in [0.5, 0.6) is 5.75 Å². The smallest absolute Gasteiger partial charge is 0.260 e. The average Bonchev–Trinajstić information content (AvgIpc) is 2.50. The zero-order valence-corrected chi connectivity index (χ0v) is 13.6. The van der Waals surface area contributed by atoms with Gasteiger partial charge >= 0.3 is 0 Å². The molecule has 0 heterocycles. The fourth-order valence-electron chi connectivity index (χ4n) is 1.95. The second kappa shape index (κ2) is 7.22. The highest BCUT2D eigenvalue weighted by molar-refractivity contribution is 7.80. The fraction of sp³-hybridized carbons (Fsp3) is 0.235. The van der Waals surface area contributed by atoms with Gasteiger partial charge in [-0.2, -0.15) is 0 Å². The number of hydrogen-bond donors (Lipinski definition) is 1. The topological polar surface area (TPSA) is 30.5 Å². The van der Waals surface area contributed by atoms with Crippen LogP contribution in [0.1, 0.15) is 16.7 Å². The van der Waals surface area contributed by atoms with E-state index >= 15 is 0 Å². The number of anilines is 1. The Hall–Kier alpha value is -2.14. The molecule has 0 radical (unpaired) electrons. The molecule has 0 bridgehead atoms. The Labute approximate surface area is 135 Å². The lowest BCUT2D eigenvalue weighted by Crippen LogP contribution is -2.13. The summed E-state index contributed by atoms with van der Waals surface area (Å²) in [7, 11) is 1.50. The average molecular weight is 319 g/mol. The monoisotopic (exact) mass is 319 g/mol. The lowest BCUT2D eigenvalue weighted by atomic mass is 10.1. The molecular formula is C17H18FNO2S. The molecule has 0 aliphatic rings. The number of ether oxygens (including phenoxy) is 2. The first-order valence-electron chi connectivity index (χ1n) is 6.83. The molecule has 0 spiro atoms. The fourth-order valence-corrected chi connectivity index (χ4v) is 2.06. The van der Waals surface area contributed by atoms with E-state index in [4.69, 9.17) is 21.7 Å². The molecule has 22 heavy (non-hydrogen) atoms. The number of rotatable bonds is 4. The molecule has 0 aliphatic heterocycles. The van der Waals surface area contributed by atoms with Crippen LogP contribution < -0.4 is 10.1 Å². The first-order valence-corrected chi connectivity index (χ1v) is 7.24. The van der Waals surface area contributed by atoms with Crippen molar-refractivity contribution in [3.05, 3.63) is 58.9 Å². The summed E-state index contributed by atoms with van der Waals surface area (Å²) >= 11 is 4.99. The zero-order chi connectivity index (χ0) is 16.1. The number of para-hydroxylation sites is 1. The van der Waals surface area contributed by atoms with Gasteiger partial charge in [-0.25, -0.2) is 4.39 Å². The number of benzene rings is 2. The third-order valence-electron chi connectivity index (χ3n) is 3.37. The van der Waals surface area contributed by atoms with Gasteiger partial charge in [-0.05, 0) is 55.4 Å². The van der Waals surface area contributed by atoms with Crippen molar-refractivity contribution in [2.24, 2.45) is 0 Å². The van der Waals surface area contributed by atoms with Gasteiger partial charge in [-0.1, -0.05) is 18.2 Å². The van der Waals surface area contributed by atoms with Gasteiger partial charge in [0.2, 0.25) is 0 Å². The second-order valence-corrected chi connectivity index (χ2v) is 5.30. The molecule has 2 rings (SSSR count). The standard InChI is InChI=1S/C17H18FNO2S/c1-11-8-14(18)16(9-12(11)2)21-10-13-6-4-5-7-15(13)19-17(22)20-3/h4-9H,10H2,1-3H3,(H,19,22). The van der Waals surface area contributed by atoms with Crippen molar-refractivity contribution in [1.82, 2.24) is 0 Å². The van der Waals surface area contributed by atoms with Gasteiger partial charge in [-0.15, -0.1) is 0 Å². The van der Waals surface area contributed by atoms with Crippen LogP contribution in [0.2, 0.25) is 0 Å². The lowest BCUT2D eigenvalue weighted by molar-refractivity contribution is 0.290. The Kier molecular flexibility index (Phi) is 5.33. The van der Waals surface area contributed by atoms with E-state index < -0.39 is 0 Å². The van der Waals surface area contributed by atoms with Crippen LogP contribution in [0.25, 0.3) is 0 Å². The van der Waals surface area contributed by atoms with Crippen molar-refractivity contribution in [3.8, 4) is 5.75 Å². The van der Waals surface area contributed by atoms with E-state index in [0.717, 1.165) is 22.4 Å². The van der Waals surface area contributed by atoms with E-state index in [1.54, 1.807) is 6.07 Å². The molecule has 116 valence electrons. The third kappa shape index (κ3) is 3.95. The van der Waals surface area contributed by atoms with E-state index in [-0.39, 0.29) is 23.3 Å². The number of aryl methyl sites for hydroxylation is 2. The number of thiocarbonyl (C=S) groups is 1. The highest BCUT2D eigenvalue weighted by atomic mass is 32.1. The van der Waals surface area contributed by atoms with Crippen LogP contribution in [0.3, 0.4) is 0 Å². The molecule has 0 saturated carbocycles. The first-order chi connectivity index (χ1) is 10.5. The minimum Gasteiger partial charge on any atom is -0.486 e. The van der Waals surface area contributed by atoms with E-state index in [1.165, 1.54) is 13.2 Å². The van der Waals surface area contributed by atoms with E-state index in [9.17, 15) is 4.39 Å². The maximum atomic E-state index is 13.9. The summed E-state index contributed by atoms with van der Waals surface area (Å²) < 4.78 is 24.5. The second-order valence-electron chi connectivity index (χ2n) is 4.93. The minimum atomic E-state index is -0.360. The van der Waals surface area contributed by atoms with Crippen LogP contribution in [-0.4, -0.2) is 12.3 Å². The van der Waals surface area contributed by atoms with Gasteiger partial charge in [0.05, 0.1) is 7.11 Å². The zero-order valence-electron chi connectivity index (χ0n) is 12.8. The molecule has 0 atom stereocenters. The number of hydrogen-bond acceptors (Lipinski definition) is 3. The summed E-state index contributed by atoms with van der Waals surface area (Å²) in [5.41, 5.74) is 3.53. The maximum absolute atomic E-state index is 13.9. The van der Waals surface area contributed by atoms with Crippen molar-refractivity contribution < 1.29 is 13.9 Å². The van der Waals surface area contributed by atoms with Gasteiger partial charge in [0, 0.05) is 11.3 Å². The molecule has 0 saturated heterocycles. The van der Waals surface area contributed by atoms with Crippen LogP contribution >= 0.6 is 12.2 Å². The Morgan fingerprint density at radius 2 is 1.86 bits per heavy atom. The molecule has 0 amide bonds. The summed E-state index contributed by atoms with van der Waals surface area (Å²) in [5, 5.41) is 3.24. The van der Waals surface area contributed by atoms with Crippen molar-refractivity contribution in [1.29, 1.82) is 0 Å². The predicted octanol–water partition coefficient (Wildman–Crippen LogP) is 4.36. The molecule has 0 aromatic heterocycles. The number of nitrogens with one attached hydrogen (secondary N) is 1. The van der Waals surface area contributed by atoms with Crippen LogP contribution in [0, 0.1) is 19.7 Å². The maximum Gasteiger partial charge on any atom is 0.260 e. The van der Waals surface area contributed by atoms with Gasteiger partial charge in [0.1, 0.15) is 6.61 Å². The van der Waals surface area contributed by atoms with Crippen molar-refractivity contribution in [3.63, 3.8) is 0 Å². The lowest BCUT2D eigenvalue weighted by Gasteiger charge is -2.14. The minimum absolute atomic E-state index is 0.231. The largest absolute Gasteiger partial charge is 0.486 e. The third-order valence-corrected chi connectivity index (χ3v) is 3.64. The first kappa shape index (κ1) is 16.2. The van der Waals surface area contributed by atoms with E-state index in [2.05, 4.69) is 5.32 Å². The van der Waals surface area contributed by atoms with E-state index in [1.807, 2.05) is 38.1 Å². The molecule has 0 unspecified atom stereocenters. The summed E-state index contributed by atoms with van der Waals surface area (Å²) in [6.45, 7) is 4.02. The highest BCUT2D eigenvalue weighted by Gasteiger charge is 2.09. The van der Waals surface area contributed by atoms with Gasteiger partial charge < -0.3 is 14.8 Å². The SMILES string of the molecule is COC(=S)Nc1ccccc1COc1cc(C)c(C)cc1F. The summed E-state index contributed by atoms with van der Waals surface area (Å²) in [5.74, 6) is -0.117. The molecule has 0 fully saturated rings. The molecule has 2 aromatic rings. The van der Waals surface area contributed by atoms with Crippen LogP contribution in [0.15, 0.2) is 36.4 Å². The Bertz CT molecular complexity index is 688. The van der Waals surface area contributed by atoms with Crippen molar-refractivity contribution >= 4 is 23.1 Å². The summed E-state index contributed by atoms with van der Waals surface area (Å²) in [6.07, 6.45) is 0. The molecule has 1 N–H and O–H groups in total. The number of methoxy groups -OCH3 is 1.